The number of anilines is 1. The Morgan fingerprint density at radius 2 is 1.64 bits per heavy atom. The Bertz CT molecular complexity index is 1290. The predicted octanol–water partition coefficient (Wildman–Crippen LogP) is 5.48. The number of amides is 1. The first-order valence-corrected chi connectivity index (χ1v) is 10.6. The molecule has 3 aromatic carbocycles. The Morgan fingerprint density at radius 1 is 0.879 bits per heavy atom. The van der Waals surface area contributed by atoms with Gasteiger partial charge < -0.3 is 14.3 Å². The second-order valence-electron chi connectivity index (χ2n) is 7.94. The molecule has 4 aromatic rings. The minimum atomic E-state index is -4.38. The van der Waals surface area contributed by atoms with Crippen LogP contribution < -0.4 is 4.90 Å². The van der Waals surface area contributed by atoms with Crippen molar-refractivity contribution in [2.45, 2.75) is 6.18 Å². The summed E-state index contributed by atoms with van der Waals surface area (Å²) in [7, 11) is 0. The number of halogens is 3. The zero-order valence-electron chi connectivity index (χ0n) is 17.5. The summed E-state index contributed by atoms with van der Waals surface area (Å²) in [5.74, 6) is 0.482. The minimum absolute atomic E-state index is 0.124. The summed E-state index contributed by atoms with van der Waals surface area (Å²) in [6, 6.07) is 20.1. The summed E-state index contributed by atoms with van der Waals surface area (Å²) in [6.07, 6.45) is -4.38. The first-order chi connectivity index (χ1) is 15.9. The highest BCUT2D eigenvalue weighted by Crippen LogP contribution is 2.32. The van der Waals surface area contributed by atoms with Crippen LogP contribution in [0.5, 0.6) is 0 Å². The van der Waals surface area contributed by atoms with E-state index in [1.165, 1.54) is 6.07 Å². The van der Waals surface area contributed by atoms with Crippen molar-refractivity contribution in [1.82, 2.24) is 10.1 Å². The van der Waals surface area contributed by atoms with Gasteiger partial charge in [0.2, 0.25) is 0 Å². The number of carbonyl (C=O) groups is 1. The molecular formula is C25H20F3N3O2. The SMILES string of the molecule is O=C(c1ccc2noc(-c3ccccc3)c2c1)N1CCN(c2cccc(C(F)(F)F)c2)CC1. The van der Waals surface area contributed by atoms with E-state index in [0.717, 1.165) is 23.1 Å². The van der Waals surface area contributed by atoms with Gasteiger partial charge in [0.25, 0.3) is 5.91 Å². The zero-order chi connectivity index (χ0) is 23.0. The van der Waals surface area contributed by atoms with Crippen LogP contribution in [0.3, 0.4) is 0 Å². The van der Waals surface area contributed by atoms with Crippen molar-refractivity contribution in [1.29, 1.82) is 0 Å². The van der Waals surface area contributed by atoms with Crippen molar-refractivity contribution >= 4 is 22.5 Å². The molecular weight excluding hydrogens is 431 g/mol. The smallest absolute Gasteiger partial charge is 0.368 e. The van der Waals surface area contributed by atoms with Gasteiger partial charge in [-0.1, -0.05) is 41.6 Å². The molecule has 1 aromatic heterocycles. The molecule has 0 aliphatic carbocycles. The normalized spacial score (nSPS) is 14.6. The van der Waals surface area contributed by atoms with Crippen LogP contribution >= 0.6 is 0 Å². The highest BCUT2D eigenvalue weighted by molar-refractivity contribution is 6.01. The highest BCUT2D eigenvalue weighted by Gasteiger charge is 2.31. The molecule has 1 aliphatic heterocycles. The zero-order valence-corrected chi connectivity index (χ0v) is 17.5. The maximum Gasteiger partial charge on any atom is 0.416 e. The Labute approximate surface area is 188 Å². The molecule has 0 radical (unpaired) electrons. The van der Waals surface area contributed by atoms with Crippen LogP contribution in [0.1, 0.15) is 15.9 Å². The van der Waals surface area contributed by atoms with Gasteiger partial charge in [-0.25, -0.2) is 0 Å². The van der Waals surface area contributed by atoms with Crippen LogP contribution in [0.15, 0.2) is 77.3 Å². The molecule has 168 valence electrons. The molecule has 2 heterocycles. The highest BCUT2D eigenvalue weighted by atomic mass is 19.4. The van der Waals surface area contributed by atoms with E-state index in [1.807, 2.05) is 35.2 Å². The number of aromatic nitrogens is 1. The molecule has 0 unspecified atom stereocenters. The molecule has 0 saturated carbocycles. The number of hydrogen-bond donors (Lipinski definition) is 0. The van der Waals surface area contributed by atoms with E-state index in [0.29, 0.717) is 48.7 Å². The summed E-state index contributed by atoms with van der Waals surface area (Å²) < 4.78 is 44.6. The first kappa shape index (κ1) is 21.1. The lowest BCUT2D eigenvalue weighted by Gasteiger charge is -2.36. The molecule has 5 rings (SSSR count). The van der Waals surface area contributed by atoms with E-state index in [2.05, 4.69) is 5.16 Å². The van der Waals surface area contributed by atoms with E-state index in [-0.39, 0.29) is 5.91 Å². The molecule has 33 heavy (non-hydrogen) atoms. The second-order valence-corrected chi connectivity index (χ2v) is 7.94. The average molecular weight is 451 g/mol. The van der Waals surface area contributed by atoms with Gasteiger partial charge in [-0.3, -0.25) is 4.79 Å². The van der Waals surface area contributed by atoms with Crippen molar-refractivity contribution in [3.05, 3.63) is 83.9 Å². The lowest BCUT2D eigenvalue weighted by Crippen LogP contribution is -2.48. The Morgan fingerprint density at radius 3 is 2.36 bits per heavy atom. The molecule has 0 spiro atoms. The predicted molar refractivity (Wildman–Crippen MR) is 119 cm³/mol. The van der Waals surface area contributed by atoms with E-state index in [1.54, 1.807) is 29.2 Å². The van der Waals surface area contributed by atoms with Crippen molar-refractivity contribution in [2.75, 3.05) is 31.1 Å². The number of alkyl halides is 3. The summed E-state index contributed by atoms with van der Waals surface area (Å²) in [5.41, 5.74) is 1.90. The Balaban J connectivity index is 1.32. The van der Waals surface area contributed by atoms with Gasteiger partial charge in [-0.2, -0.15) is 13.2 Å². The van der Waals surface area contributed by atoms with E-state index in [9.17, 15) is 18.0 Å². The molecule has 0 N–H and O–H groups in total. The summed E-state index contributed by atoms with van der Waals surface area (Å²) in [5, 5.41) is 4.85. The molecule has 1 amide bonds. The number of fused-ring (bicyclic) bond motifs is 1. The number of nitrogens with zero attached hydrogens (tertiary/aromatic N) is 3. The largest absolute Gasteiger partial charge is 0.416 e. The topological polar surface area (TPSA) is 49.6 Å². The van der Waals surface area contributed by atoms with Gasteiger partial charge in [-0.15, -0.1) is 0 Å². The molecule has 1 fully saturated rings. The van der Waals surface area contributed by atoms with Crippen molar-refractivity contribution in [2.24, 2.45) is 0 Å². The second kappa shape index (κ2) is 8.27. The Kier molecular flexibility index (Phi) is 5.28. The average Bonchev–Trinajstić information content (AvgIpc) is 3.27. The van der Waals surface area contributed by atoms with Crippen LogP contribution in [-0.2, 0) is 6.18 Å². The third-order valence-electron chi connectivity index (χ3n) is 5.86. The van der Waals surface area contributed by atoms with Crippen LogP contribution in [0.25, 0.3) is 22.2 Å². The maximum absolute atomic E-state index is 13.1. The van der Waals surface area contributed by atoms with E-state index >= 15 is 0 Å². The monoisotopic (exact) mass is 451 g/mol. The molecule has 0 atom stereocenters. The summed E-state index contributed by atoms with van der Waals surface area (Å²) in [6.45, 7) is 1.75. The third-order valence-corrected chi connectivity index (χ3v) is 5.86. The number of benzene rings is 3. The van der Waals surface area contributed by atoms with Gasteiger partial charge >= 0.3 is 6.18 Å². The van der Waals surface area contributed by atoms with Crippen LogP contribution in [0.2, 0.25) is 0 Å². The third kappa shape index (κ3) is 4.16. The number of rotatable bonds is 3. The lowest BCUT2D eigenvalue weighted by atomic mass is 10.1. The quantitative estimate of drug-likeness (QED) is 0.414. The molecule has 8 heteroatoms. The maximum atomic E-state index is 13.1. The van der Waals surface area contributed by atoms with E-state index < -0.39 is 11.7 Å². The molecule has 0 bridgehead atoms. The van der Waals surface area contributed by atoms with Crippen LogP contribution in [0, 0.1) is 0 Å². The van der Waals surface area contributed by atoms with Crippen molar-refractivity contribution in [3.8, 4) is 11.3 Å². The number of piperazine rings is 1. The first-order valence-electron chi connectivity index (χ1n) is 10.6. The van der Waals surface area contributed by atoms with Gasteiger partial charge in [0.1, 0.15) is 5.52 Å². The van der Waals surface area contributed by atoms with Gasteiger partial charge in [0.15, 0.2) is 5.76 Å². The van der Waals surface area contributed by atoms with Gasteiger partial charge in [0, 0.05) is 43.0 Å². The summed E-state index contributed by atoms with van der Waals surface area (Å²) >= 11 is 0. The fourth-order valence-electron chi connectivity index (χ4n) is 4.10. The van der Waals surface area contributed by atoms with E-state index in [4.69, 9.17) is 4.52 Å². The fraction of sp³-hybridized carbons (Fsp3) is 0.200. The molecule has 5 nitrogen and oxygen atoms in total. The Hall–Kier alpha value is -3.81. The lowest BCUT2D eigenvalue weighted by molar-refractivity contribution is -0.137. The number of carbonyl (C=O) groups excluding carboxylic acids is 1. The van der Waals surface area contributed by atoms with Crippen molar-refractivity contribution < 1.29 is 22.5 Å². The van der Waals surface area contributed by atoms with Gasteiger partial charge in [-0.05, 0) is 36.4 Å². The van der Waals surface area contributed by atoms with Crippen LogP contribution in [-0.4, -0.2) is 42.1 Å². The van der Waals surface area contributed by atoms with Gasteiger partial charge in [0.05, 0.1) is 10.9 Å². The standard InChI is InChI=1S/C25H20F3N3O2/c26-25(27,28)19-7-4-8-20(16-19)30-11-13-31(14-12-30)24(32)18-9-10-22-21(15-18)23(33-29-22)17-5-2-1-3-6-17/h1-10,15-16H,11-14H2. The molecule has 1 saturated heterocycles. The number of hydrogen-bond acceptors (Lipinski definition) is 4. The minimum Gasteiger partial charge on any atom is -0.368 e. The van der Waals surface area contributed by atoms with Crippen molar-refractivity contribution in [3.63, 3.8) is 0 Å². The summed E-state index contributed by atoms with van der Waals surface area (Å²) in [4.78, 5) is 16.7. The fourth-order valence-corrected chi connectivity index (χ4v) is 4.10. The molecule has 1 aliphatic rings. The van der Waals surface area contributed by atoms with Crippen LogP contribution in [0.4, 0.5) is 18.9 Å².